The molecular formula is C21H26N4O2S2. The molecule has 2 aliphatic rings. The van der Waals surface area contributed by atoms with Crippen molar-refractivity contribution in [1.82, 2.24) is 9.47 Å². The highest BCUT2D eigenvalue weighted by molar-refractivity contribution is 8.26. The SMILES string of the molecule is CCCn1c(N2CCC(C)CC2)c(/C=C2/SC(=S)N(C)C2=O)c(C)c(C#N)c1=O. The molecule has 2 saturated heterocycles. The van der Waals surface area contributed by atoms with Gasteiger partial charge in [0.2, 0.25) is 0 Å². The Morgan fingerprint density at radius 2 is 1.97 bits per heavy atom. The van der Waals surface area contributed by atoms with Crippen LogP contribution in [0.15, 0.2) is 9.70 Å². The van der Waals surface area contributed by atoms with E-state index in [2.05, 4.69) is 17.9 Å². The van der Waals surface area contributed by atoms with E-state index >= 15 is 0 Å². The number of aromatic nitrogens is 1. The fourth-order valence-electron chi connectivity index (χ4n) is 3.81. The van der Waals surface area contributed by atoms with Crippen molar-refractivity contribution in [2.24, 2.45) is 5.92 Å². The molecule has 3 heterocycles. The molecule has 3 rings (SSSR count). The Labute approximate surface area is 181 Å². The average molecular weight is 431 g/mol. The van der Waals surface area contributed by atoms with Crippen LogP contribution in [0.1, 0.15) is 49.8 Å². The molecule has 1 aromatic heterocycles. The van der Waals surface area contributed by atoms with Gasteiger partial charge >= 0.3 is 0 Å². The van der Waals surface area contributed by atoms with Crippen LogP contribution in [-0.4, -0.2) is 39.8 Å². The van der Waals surface area contributed by atoms with Gasteiger partial charge in [-0.15, -0.1) is 0 Å². The Morgan fingerprint density at radius 1 is 1.31 bits per heavy atom. The Hall–Kier alpha value is -2.11. The number of anilines is 1. The van der Waals surface area contributed by atoms with Gasteiger partial charge in [0, 0.05) is 32.2 Å². The molecule has 8 heteroatoms. The van der Waals surface area contributed by atoms with Gasteiger partial charge < -0.3 is 4.90 Å². The van der Waals surface area contributed by atoms with Gasteiger partial charge in [-0.05, 0) is 43.7 Å². The molecule has 2 fully saturated rings. The third-order valence-electron chi connectivity index (χ3n) is 5.64. The lowest BCUT2D eigenvalue weighted by atomic mass is 9.97. The van der Waals surface area contributed by atoms with E-state index in [1.807, 2.05) is 13.0 Å². The number of amides is 1. The summed E-state index contributed by atoms with van der Waals surface area (Å²) < 4.78 is 2.23. The van der Waals surface area contributed by atoms with Gasteiger partial charge in [-0.1, -0.05) is 37.8 Å². The quantitative estimate of drug-likeness (QED) is 0.538. The first-order valence-corrected chi connectivity index (χ1v) is 11.2. The van der Waals surface area contributed by atoms with E-state index in [9.17, 15) is 14.9 Å². The molecular weight excluding hydrogens is 404 g/mol. The van der Waals surface area contributed by atoms with Crippen LogP contribution in [0.3, 0.4) is 0 Å². The molecule has 0 saturated carbocycles. The second-order valence-corrected chi connectivity index (χ2v) is 9.39. The zero-order valence-corrected chi connectivity index (χ0v) is 19.0. The lowest BCUT2D eigenvalue weighted by Gasteiger charge is -2.35. The number of carbonyl (C=O) groups excluding carboxylic acids is 1. The second kappa shape index (κ2) is 8.72. The van der Waals surface area contributed by atoms with Gasteiger partial charge in [0.05, 0.1) is 4.91 Å². The van der Waals surface area contributed by atoms with Crippen molar-refractivity contribution in [3.63, 3.8) is 0 Å². The highest BCUT2D eigenvalue weighted by Gasteiger charge is 2.31. The summed E-state index contributed by atoms with van der Waals surface area (Å²) in [6.45, 7) is 8.29. The summed E-state index contributed by atoms with van der Waals surface area (Å²) in [5.74, 6) is 1.32. The maximum Gasteiger partial charge on any atom is 0.270 e. The first-order chi connectivity index (χ1) is 13.8. The molecule has 6 nitrogen and oxygen atoms in total. The Bertz CT molecular complexity index is 982. The number of pyridine rings is 1. The van der Waals surface area contributed by atoms with Crippen molar-refractivity contribution in [2.45, 2.75) is 46.6 Å². The fraction of sp³-hybridized carbons (Fsp3) is 0.524. The minimum Gasteiger partial charge on any atom is -0.357 e. The zero-order valence-electron chi connectivity index (χ0n) is 17.3. The van der Waals surface area contributed by atoms with Crippen molar-refractivity contribution in [1.29, 1.82) is 5.26 Å². The van der Waals surface area contributed by atoms with Crippen LogP contribution < -0.4 is 10.5 Å². The number of likely N-dealkylation sites (N-methyl/N-ethyl adjacent to an activating group) is 1. The summed E-state index contributed by atoms with van der Waals surface area (Å²) in [7, 11) is 1.66. The van der Waals surface area contributed by atoms with Crippen molar-refractivity contribution in [2.75, 3.05) is 25.0 Å². The van der Waals surface area contributed by atoms with E-state index in [-0.39, 0.29) is 17.0 Å². The number of nitriles is 1. The molecule has 2 aliphatic heterocycles. The van der Waals surface area contributed by atoms with E-state index in [0.717, 1.165) is 43.7 Å². The summed E-state index contributed by atoms with van der Waals surface area (Å²) in [5.41, 5.74) is 1.30. The number of piperidine rings is 1. The van der Waals surface area contributed by atoms with E-state index in [4.69, 9.17) is 12.2 Å². The molecule has 0 spiro atoms. The molecule has 154 valence electrons. The number of rotatable bonds is 4. The first-order valence-electron chi connectivity index (χ1n) is 9.94. The summed E-state index contributed by atoms with van der Waals surface area (Å²) in [4.78, 5) is 29.9. The summed E-state index contributed by atoms with van der Waals surface area (Å²) >= 11 is 6.52. The van der Waals surface area contributed by atoms with Crippen LogP contribution >= 0.6 is 24.0 Å². The predicted molar refractivity (Wildman–Crippen MR) is 122 cm³/mol. The van der Waals surface area contributed by atoms with E-state index < -0.39 is 0 Å². The number of hydrogen-bond acceptors (Lipinski definition) is 6. The Morgan fingerprint density at radius 3 is 2.48 bits per heavy atom. The normalized spacial score (nSPS) is 19.3. The van der Waals surface area contributed by atoms with Crippen LogP contribution in [0.4, 0.5) is 5.82 Å². The van der Waals surface area contributed by atoms with Crippen LogP contribution in [0.25, 0.3) is 6.08 Å². The monoisotopic (exact) mass is 430 g/mol. The summed E-state index contributed by atoms with van der Waals surface area (Å²) in [5, 5.41) is 9.65. The topological polar surface area (TPSA) is 69.3 Å². The number of thiocarbonyl (C=S) groups is 1. The molecule has 1 amide bonds. The first kappa shape index (κ1) is 21.6. The molecule has 29 heavy (non-hydrogen) atoms. The van der Waals surface area contributed by atoms with Gasteiger partial charge in [0.1, 0.15) is 21.8 Å². The van der Waals surface area contributed by atoms with E-state index in [1.54, 1.807) is 18.5 Å². The molecule has 0 N–H and O–H groups in total. The van der Waals surface area contributed by atoms with Gasteiger partial charge in [-0.3, -0.25) is 19.1 Å². The molecule has 0 atom stereocenters. The van der Waals surface area contributed by atoms with Crippen molar-refractivity contribution >= 4 is 46.1 Å². The Kier molecular flexibility index (Phi) is 6.49. The highest BCUT2D eigenvalue weighted by Crippen LogP contribution is 2.36. The smallest absolute Gasteiger partial charge is 0.270 e. The summed E-state index contributed by atoms with van der Waals surface area (Å²) in [6, 6.07) is 2.08. The highest BCUT2D eigenvalue weighted by atomic mass is 32.2. The lowest BCUT2D eigenvalue weighted by Crippen LogP contribution is -2.39. The van der Waals surface area contributed by atoms with Gasteiger partial charge in [-0.2, -0.15) is 5.26 Å². The second-order valence-electron chi connectivity index (χ2n) is 7.72. The van der Waals surface area contributed by atoms with E-state index in [0.29, 0.717) is 27.3 Å². The number of hydrogen-bond donors (Lipinski definition) is 0. The minimum absolute atomic E-state index is 0.144. The molecule has 0 unspecified atom stereocenters. The number of carbonyl (C=O) groups is 1. The molecule has 0 aromatic carbocycles. The predicted octanol–water partition coefficient (Wildman–Crippen LogP) is 3.51. The minimum atomic E-state index is -0.249. The maximum atomic E-state index is 13.1. The fourth-order valence-corrected chi connectivity index (χ4v) is 4.97. The standard InChI is InChI=1S/C21H26N4O2S2/c1-5-8-25-18(24-9-6-13(2)7-10-24)15(14(3)16(12-22)19(25)26)11-17-20(27)23(4)21(28)29-17/h11,13H,5-10H2,1-4H3/b17-11+. The van der Waals surface area contributed by atoms with Gasteiger partial charge in [0.15, 0.2) is 0 Å². The van der Waals surface area contributed by atoms with Gasteiger partial charge in [-0.25, -0.2) is 0 Å². The average Bonchev–Trinajstić information content (AvgIpc) is 2.94. The van der Waals surface area contributed by atoms with E-state index in [1.165, 1.54) is 16.7 Å². The van der Waals surface area contributed by atoms with Crippen molar-refractivity contribution < 1.29 is 4.79 Å². The number of thioether (sulfide) groups is 1. The largest absolute Gasteiger partial charge is 0.357 e. The van der Waals surface area contributed by atoms with Crippen molar-refractivity contribution in [3.05, 3.63) is 31.9 Å². The van der Waals surface area contributed by atoms with Gasteiger partial charge in [0.25, 0.3) is 11.5 Å². The van der Waals surface area contributed by atoms with Crippen LogP contribution in [-0.2, 0) is 11.3 Å². The summed E-state index contributed by atoms with van der Waals surface area (Å²) in [6.07, 6.45) is 4.70. The third kappa shape index (κ3) is 3.99. The van der Waals surface area contributed by atoms with Crippen LogP contribution in [0.5, 0.6) is 0 Å². The van der Waals surface area contributed by atoms with Crippen LogP contribution in [0, 0.1) is 24.2 Å². The third-order valence-corrected chi connectivity index (χ3v) is 7.12. The zero-order chi connectivity index (χ0) is 21.3. The van der Waals surface area contributed by atoms with Crippen LogP contribution in [0.2, 0.25) is 0 Å². The maximum absolute atomic E-state index is 13.1. The molecule has 1 aromatic rings. The number of nitrogens with zero attached hydrogens (tertiary/aromatic N) is 4. The lowest BCUT2D eigenvalue weighted by molar-refractivity contribution is -0.121. The molecule has 0 radical (unpaired) electrons. The van der Waals surface area contributed by atoms with Crippen molar-refractivity contribution in [3.8, 4) is 6.07 Å². The Balaban J connectivity index is 2.26. The molecule has 0 aliphatic carbocycles. The molecule has 0 bridgehead atoms.